The van der Waals surface area contributed by atoms with Crippen LogP contribution in [0.3, 0.4) is 0 Å². The van der Waals surface area contributed by atoms with Crippen LogP contribution >= 0.6 is 0 Å². The number of nitrogens with one attached hydrogen (secondary N) is 1. The Morgan fingerprint density at radius 1 is 1.25 bits per heavy atom. The largest absolute Gasteiger partial charge is 0.312 e. The average Bonchev–Trinajstić information content (AvgIpc) is 2.59. The van der Waals surface area contributed by atoms with Crippen molar-refractivity contribution in [3.05, 3.63) is 11.6 Å². The highest BCUT2D eigenvalue weighted by Crippen LogP contribution is 2.07. The van der Waals surface area contributed by atoms with E-state index < -0.39 is 0 Å². The van der Waals surface area contributed by atoms with Gasteiger partial charge in [-0.1, -0.05) is 13.8 Å². The fourth-order valence-electron chi connectivity index (χ4n) is 1.95. The Kier molecular flexibility index (Phi) is 4.93. The lowest BCUT2D eigenvalue weighted by Crippen LogP contribution is -2.33. The number of hydrogen-bond donors (Lipinski definition) is 1. The average molecular weight is 224 g/mol. The van der Waals surface area contributed by atoms with E-state index in [1.807, 2.05) is 18.5 Å². The van der Waals surface area contributed by atoms with Gasteiger partial charge in [0.05, 0.1) is 6.04 Å². The van der Waals surface area contributed by atoms with Gasteiger partial charge in [0, 0.05) is 12.6 Å². The molecule has 1 rings (SSSR count). The van der Waals surface area contributed by atoms with Gasteiger partial charge < -0.3 is 5.32 Å². The first-order chi connectivity index (χ1) is 7.58. The van der Waals surface area contributed by atoms with Crippen LogP contribution in [-0.4, -0.2) is 27.4 Å². The predicted octanol–water partition coefficient (Wildman–Crippen LogP) is 2.23. The Hall–Kier alpha value is -0.900. The molecule has 1 atom stereocenters. The molecule has 92 valence electrons. The van der Waals surface area contributed by atoms with Crippen molar-refractivity contribution in [1.29, 1.82) is 0 Å². The summed E-state index contributed by atoms with van der Waals surface area (Å²) in [5.41, 5.74) is 0. The van der Waals surface area contributed by atoms with Gasteiger partial charge in [-0.25, -0.2) is 9.67 Å². The van der Waals surface area contributed by atoms with Crippen molar-refractivity contribution in [2.75, 3.05) is 6.54 Å². The molecule has 1 N–H and O–H groups in total. The first-order valence-corrected chi connectivity index (χ1v) is 6.21. The second-order valence-corrected chi connectivity index (χ2v) is 4.42. The van der Waals surface area contributed by atoms with Gasteiger partial charge in [-0.15, -0.1) is 0 Å². The van der Waals surface area contributed by atoms with E-state index in [4.69, 9.17) is 0 Å². The first kappa shape index (κ1) is 13.2. The monoisotopic (exact) mass is 224 g/mol. The van der Waals surface area contributed by atoms with E-state index in [9.17, 15) is 0 Å². The summed E-state index contributed by atoms with van der Waals surface area (Å²) in [5.74, 6) is 1.85. The molecule has 0 saturated heterocycles. The summed E-state index contributed by atoms with van der Waals surface area (Å²) in [6.45, 7) is 11.5. The summed E-state index contributed by atoms with van der Waals surface area (Å²) in [4.78, 5) is 4.32. The number of aryl methyl sites for hydroxylation is 2. The number of nitrogens with zero attached hydrogens (tertiary/aromatic N) is 3. The number of aromatic nitrogens is 3. The van der Waals surface area contributed by atoms with E-state index >= 15 is 0 Å². The fourth-order valence-corrected chi connectivity index (χ4v) is 1.95. The van der Waals surface area contributed by atoms with Gasteiger partial charge in [0.2, 0.25) is 0 Å². The number of rotatable bonds is 6. The maximum atomic E-state index is 4.41. The fraction of sp³-hybridized carbons (Fsp3) is 0.833. The summed E-state index contributed by atoms with van der Waals surface area (Å²) in [6, 6.07) is 0.981. The Balaban J connectivity index is 2.52. The van der Waals surface area contributed by atoms with Crippen LogP contribution in [-0.2, 0) is 0 Å². The zero-order valence-electron chi connectivity index (χ0n) is 11.1. The molecular weight excluding hydrogens is 200 g/mol. The zero-order chi connectivity index (χ0) is 12.1. The molecule has 1 unspecified atom stereocenters. The highest BCUT2D eigenvalue weighted by molar-refractivity contribution is 4.90. The van der Waals surface area contributed by atoms with E-state index in [-0.39, 0.29) is 0 Å². The summed E-state index contributed by atoms with van der Waals surface area (Å²) in [6.07, 6.45) is 2.36. The maximum Gasteiger partial charge on any atom is 0.147 e. The second kappa shape index (κ2) is 5.99. The molecular formula is C12H24N4. The molecule has 1 heterocycles. The van der Waals surface area contributed by atoms with Crippen molar-refractivity contribution >= 4 is 0 Å². The summed E-state index contributed by atoms with van der Waals surface area (Å²) in [7, 11) is 0. The molecule has 0 amide bonds. The first-order valence-electron chi connectivity index (χ1n) is 6.21. The molecule has 4 heteroatoms. The minimum absolute atomic E-state index is 0.363. The molecule has 0 fully saturated rings. The molecule has 1 aromatic heterocycles. The third-order valence-corrected chi connectivity index (χ3v) is 3.01. The molecule has 0 aliphatic heterocycles. The van der Waals surface area contributed by atoms with Crippen molar-refractivity contribution < 1.29 is 0 Å². The lowest BCUT2D eigenvalue weighted by Gasteiger charge is -2.19. The van der Waals surface area contributed by atoms with E-state index in [0.717, 1.165) is 18.2 Å². The lowest BCUT2D eigenvalue weighted by atomic mass is 10.1. The summed E-state index contributed by atoms with van der Waals surface area (Å²) >= 11 is 0. The Bertz CT molecular complexity index is 315. The smallest absolute Gasteiger partial charge is 0.147 e. The van der Waals surface area contributed by atoms with Gasteiger partial charge in [0.25, 0.3) is 0 Å². The third-order valence-electron chi connectivity index (χ3n) is 3.01. The van der Waals surface area contributed by atoms with Crippen LogP contribution in [0.15, 0.2) is 0 Å². The highest BCUT2D eigenvalue weighted by Gasteiger charge is 2.11. The van der Waals surface area contributed by atoms with Crippen LogP contribution in [0.4, 0.5) is 0 Å². The molecule has 0 bridgehead atoms. The van der Waals surface area contributed by atoms with E-state index in [0.29, 0.717) is 12.1 Å². The minimum Gasteiger partial charge on any atom is -0.312 e. The Morgan fingerprint density at radius 3 is 2.31 bits per heavy atom. The van der Waals surface area contributed by atoms with Crippen LogP contribution in [0, 0.1) is 13.8 Å². The van der Waals surface area contributed by atoms with Crippen LogP contribution < -0.4 is 5.32 Å². The van der Waals surface area contributed by atoms with E-state index in [1.54, 1.807) is 0 Å². The van der Waals surface area contributed by atoms with Crippen LogP contribution in [0.1, 0.15) is 51.3 Å². The van der Waals surface area contributed by atoms with Crippen molar-refractivity contribution in [2.45, 2.75) is 59.5 Å². The van der Waals surface area contributed by atoms with E-state index in [2.05, 4.69) is 36.2 Å². The topological polar surface area (TPSA) is 42.7 Å². The summed E-state index contributed by atoms with van der Waals surface area (Å²) in [5, 5.41) is 7.97. The molecule has 0 aliphatic carbocycles. The Morgan fingerprint density at radius 2 is 1.88 bits per heavy atom. The third kappa shape index (κ3) is 3.30. The highest BCUT2D eigenvalue weighted by atomic mass is 15.4. The molecule has 4 nitrogen and oxygen atoms in total. The molecule has 0 aliphatic rings. The van der Waals surface area contributed by atoms with Crippen molar-refractivity contribution in [3.63, 3.8) is 0 Å². The second-order valence-electron chi connectivity index (χ2n) is 4.42. The van der Waals surface area contributed by atoms with Crippen LogP contribution in [0.2, 0.25) is 0 Å². The standard InChI is InChI=1S/C12H24N4/c1-6-12(7-2)13-8-9(3)16-11(5)14-10(4)15-16/h9,12-13H,6-8H2,1-5H3. The maximum absolute atomic E-state index is 4.41. The predicted molar refractivity (Wildman–Crippen MR) is 66.6 cm³/mol. The lowest BCUT2D eigenvalue weighted by molar-refractivity contribution is 0.395. The molecule has 1 aromatic rings. The summed E-state index contributed by atoms with van der Waals surface area (Å²) < 4.78 is 2.00. The SMILES string of the molecule is CCC(CC)NCC(C)n1nc(C)nc1C. The van der Waals surface area contributed by atoms with Gasteiger partial charge in [0.15, 0.2) is 0 Å². The van der Waals surface area contributed by atoms with Crippen LogP contribution in [0.5, 0.6) is 0 Å². The normalized spacial score (nSPS) is 13.4. The van der Waals surface area contributed by atoms with Crippen molar-refractivity contribution in [2.24, 2.45) is 0 Å². The van der Waals surface area contributed by atoms with Crippen LogP contribution in [0.25, 0.3) is 0 Å². The molecule has 0 aromatic carbocycles. The van der Waals surface area contributed by atoms with Gasteiger partial charge in [-0.2, -0.15) is 5.10 Å². The quantitative estimate of drug-likeness (QED) is 0.806. The zero-order valence-corrected chi connectivity index (χ0v) is 11.1. The number of hydrogen-bond acceptors (Lipinski definition) is 3. The van der Waals surface area contributed by atoms with Gasteiger partial charge >= 0.3 is 0 Å². The minimum atomic E-state index is 0.363. The molecule has 0 radical (unpaired) electrons. The van der Waals surface area contributed by atoms with Crippen molar-refractivity contribution in [1.82, 2.24) is 20.1 Å². The van der Waals surface area contributed by atoms with E-state index in [1.165, 1.54) is 12.8 Å². The van der Waals surface area contributed by atoms with Gasteiger partial charge in [0.1, 0.15) is 11.6 Å². The Labute approximate surface area is 98.5 Å². The molecule has 16 heavy (non-hydrogen) atoms. The molecule has 0 spiro atoms. The molecule has 0 saturated carbocycles. The van der Waals surface area contributed by atoms with Gasteiger partial charge in [-0.05, 0) is 33.6 Å². The van der Waals surface area contributed by atoms with Crippen molar-refractivity contribution in [3.8, 4) is 0 Å². The van der Waals surface area contributed by atoms with Gasteiger partial charge in [-0.3, -0.25) is 0 Å².